The van der Waals surface area contributed by atoms with Gasteiger partial charge in [-0.1, -0.05) is 23.8 Å². The molecule has 0 amide bonds. The van der Waals surface area contributed by atoms with E-state index in [1.807, 2.05) is 0 Å². The topological polar surface area (TPSA) is 46.1 Å². The third-order valence-electron chi connectivity index (χ3n) is 4.85. The monoisotopic (exact) mass is 489 g/mol. The number of aryl methyl sites for hydroxylation is 2. The summed E-state index contributed by atoms with van der Waals surface area (Å²) in [6, 6.07) is 6.67. The fourth-order valence-electron chi connectivity index (χ4n) is 3.39. The SMILES string of the molecule is CCNC(=NCCc1ccc(C)cc1C)N1CCC(COCCOC)C1.I. The number of hydrogen-bond acceptors (Lipinski definition) is 3. The van der Waals surface area contributed by atoms with Gasteiger partial charge in [-0.05, 0) is 44.7 Å². The zero-order chi connectivity index (χ0) is 18.8. The van der Waals surface area contributed by atoms with E-state index in [-0.39, 0.29) is 24.0 Å². The minimum absolute atomic E-state index is 0. The molecule has 0 aliphatic carbocycles. The second-order valence-corrected chi connectivity index (χ2v) is 7.08. The van der Waals surface area contributed by atoms with Crippen LogP contribution in [0.5, 0.6) is 0 Å². The van der Waals surface area contributed by atoms with Crippen LogP contribution in [-0.4, -0.2) is 64.0 Å². The number of likely N-dealkylation sites (tertiary alicyclic amines) is 1. The molecule has 2 rings (SSSR count). The van der Waals surface area contributed by atoms with Gasteiger partial charge >= 0.3 is 0 Å². The molecule has 1 aromatic carbocycles. The van der Waals surface area contributed by atoms with Gasteiger partial charge in [0.1, 0.15) is 0 Å². The molecule has 154 valence electrons. The highest BCUT2D eigenvalue weighted by molar-refractivity contribution is 14.0. The molecule has 27 heavy (non-hydrogen) atoms. The fraction of sp³-hybridized carbons (Fsp3) is 0.667. The van der Waals surface area contributed by atoms with E-state index >= 15 is 0 Å². The molecule has 1 saturated heterocycles. The van der Waals surface area contributed by atoms with Gasteiger partial charge in [-0.2, -0.15) is 0 Å². The Balaban J connectivity index is 0.00000364. The summed E-state index contributed by atoms with van der Waals surface area (Å²) in [6.07, 6.45) is 2.15. The molecule has 1 aliphatic rings. The number of rotatable bonds is 9. The maximum Gasteiger partial charge on any atom is 0.193 e. The summed E-state index contributed by atoms with van der Waals surface area (Å²) >= 11 is 0. The molecule has 0 aromatic heterocycles. The second-order valence-electron chi connectivity index (χ2n) is 7.08. The summed E-state index contributed by atoms with van der Waals surface area (Å²) < 4.78 is 10.7. The van der Waals surface area contributed by atoms with Gasteiger partial charge in [-0.15, -0.1) is 24.0 Å². The molecule has 1 aliphatic heterocycles. The molecule has 1 heterocycles. The third-order valence-corrected chi connectivity index (χ3v) is 4.85. The van der Waals surface area contributed by atoms with E-state index in [1.165, 1.54) is 16.7 Å². The van der Waals surface area contributed by atoms with E-state index < -0.39 is 0 Å². The Bertz CT molecular complexity index is 581. The first-order valence-electron chi connectivity index (χ1n) is 9.80. The van der Waals surface area contributed by atoms with Crippen LogP contribution < -0.4 is 5.32 Å². The number of guanidine groups is 1. The van der Waals surface area contributed by atoms with Crippen molar-refractivity contribution in [1.29, 1.82) is 0 Å². The highest BCUT2D eigenvalue weighted by Gasteiger charge is 2.24. The van der Waals surface area contributed by atoms with E-state index in [9.17, 15) is 0 Å². The van der Waals surface area contributed by atoms with Gasteiger partial charge in [0.05, 0.1) is 19.8 Å². The summed E-state index contributed by atoms with van der Waals surface area (Å²) in [5, 5.41) is 3.45. The Hall–Kier alpha value is -0.860. The van der Waals surface area contributed by atoms with Crippen molar-refractivity contribution in [2.75, 3.05) is 53.1 Å². The minimum atomic E-state index is 0. The van der Waals surface area contributed by atoms with Crippen molar-refractivity contribution in [2.24, 2.45) is 10.9 Å². The Labute approximate surface area is 181 Å². The molecule has 0 spiro atoms. The first-order valence-corrected chi connectivity index (χ1v) is 9.80. The molecule has 1 atom stereocenters. The molecule has 1 fully saturated rings. The van der Waals surface area contributed by atoms with E-state index in [0.717, 1.165) is 51.6 Å². The van der Waals surface area contributed by atoms with Crippen LogP contribution in [0.3, 0.4) is 0 Å². The third kappa shape index (κ3) is 8.35. The second kappa shape index (κ2) is 13.3. The molecule has 0 bridgehead atoms. The predicted octanol–water partition coefficient (Wildman–Crippen LogP) is 3.41. The van der Waals surface area contributed by atoms with Crippen LogP contribution in [0.2, 0.25) is 0 Å². The zero-order valence-corrected chi connectivity index (χ0v) is 19.6. The molecule has 1 aromatic rings. The maximum absolute atomic E-state index is 5.70. The van der Waals surface area contributed by atoms with Gasteiger partial charge in [-0.3, -0.25) is 4.99 Å². The van der Waals surface area contributed by atoms with Crippen LogP contribution in [0.4, 0.5) is 0 Å². The van der Waals surface area contributed by atoms with Gasteiger partial charge in [0, 0.05) is 39.2 Å². The Kier molecular flexibility index (Phi) is 11.9. The van der Waals surface area contributed by atoms with Crippen LogP contribution >= 0.6 is 24.0 Å². The Morgan fingerprint density at radius 2 is 2.11 bits per heavy atom. The smallest absolute Gasteiger partial charge is 0.193 e. The van der Waals surface area contributed by atoms with Crippen molar-refractivity contribution in [3.63, 3.8) is 0 Å². The molecule has 0 radical (unpaired) electrons. The fourth-order valence-corrected chi connectivity index (χ4v) is 3.39. The largest absolute Gasteiger partial charge is 0.382 e. The molecule has 1 N–H and O–H groups in total. The summed E-state index contributed by atoms with van der Waals surface area (Å²) in [5.41, 5.74) is 4.07. The molecular formula is C21H36IN3O2. The average Bonchev–Trinajstić information content (AvgIpc) is 3.08. The number of halogens is 1. The van der Waals surface area contributed by atoms with E-state index in [2.05, 4.69) is 49.2 Å². The van der Waals surface area contributed by atoms with Crippen molar-refractivity contribution in [3.05, 3.63) is 34.9 Å². The van der Waals surface area contributed by atoms with Crippen molar-refractivity contribution in [3.8, 4) is 0 Å². The first-order chi connectivity index (χ1) is 12.6. The highest BCUT2D eigenvalue weighted by Crippen LogP contribution is 2.17. The van der Waals surface area contributed by atoms with E-state index in [4.69, 9.17) is 14.5 Å². The normalized spacial score (nSPS) is 17.1. The lowest BCUT2D eigenvalue weighted by atomic mass is 10.0. The molecule has 6 heteroatoms. The van der Waals surface area contributed by atoms with Gasteiger partial charge in [0.2, 0.25) is 0 Å². The summed E-state index contributed by atoms with van der Waals surface area (Å²) in [4.78, 5) is 7.24. The Morgan fingerprint density at radius 1 is 1.30 bits per heavy atom. The number of hydrogen-bond donors (Lipinski definition) is 1. The quantitative estimate of drug-likeness (QED) is 0.250. The van der Waals surface area contributed by atoms with Crippen LogP contribution in [-0.2, 0) is 15.9 Å². The van der Waals surface area contributed by atoms with Crippen LogP contribution in [0.25, 0.3) is 0 Å². The van der Waals surface area contributed by atoms with Crippen molar-refractivity contribution >= 4 is 29.9 Å². The number of benzene rings is 1. The predicted molar refractivity (Wildman–Crippen MR) is 123 cm³/mol. The lowest BCUT2D eigenvalue weighted by molar-refractivity contribution is 0.0536. The summed E-state index contributed by atoms with van der Waals surface area (Å²) in [6.45, 7) is 12.4. The molecule has 0 saturated carbocycles. The average molecular weight is 489 g/mol. The summed E-state index contributed by atoms with van der Waals surface area (Å²) in [5.74, 6) is 1.62. The molecule has 5 nitrogen and oxygen atoms in total. The van der Waals surface area contributed by atoms with E-state index in [1.54, 1.807) is 7.11 Å². The highest BCUT2D eigenvalue weighted by atomic mass is 127. The van der Waals surface area contributed by atoms with E-state index in [0.29, 0.717) is 19.1 Å². The summed E-state index contributed by atoms with van der Waals surface area (Å²) in [7, 11) is 1.71. The number of nitrogens with one attached hydrogen (secondary N) is 1. The Morgan fingerprint density at radius 3 is 2.81 bits per heavy atom. The van der Waals surface area contributed by atoms with Crippen LogP contribution in [0.15, 0.2) is 23.2 Å². The maximum atomic E-state index is 5.70. The lowest BCUT2D eigenvalue weighted by Crippen LogP contribution is -2.40. The van der Waals surface area contributed by atoms with Crippen molar-refractivity contribution in [2.45, 2.75) is 33.6 Å². The number of aliphatic imine (C=N–C) groups is 1. The lowest BCUT2D eigenvalue weighted by Gasteiger charge is -2.21. The standard InChI is InChI=1S/C21H35N3O2.HI/c1-5-22-21(23-10-8-20-7-6-17(2)14-18(20)3)24-11-9-19(15-24)16-26-13-12-25-4;/h6-7,14,19H,5,8-13,15-16H2,1-4H3,(H,22,23);1H. The molecular weight excluding hydrogens is 453 g/mol. The molecule has 1 unspecified atom stereocenters. The number of ether oxygens (including phenoxy) is 2. The van der Waals surface area contributed by atoms with Crippen LogP contribution in [0, 0.1) is 19.8 Å². The van der Waals surface area contributed by atoms with Gasteiger partial charge in [0.25, 0.3) is 0 Å². The van der Waals surface area contributed by atoms with Crippen molar-refractivity contribution in [1.82, 2.24) is 10.2 Å². The van der Waals surface area contributed by atoms with Crippen LogP contribution in [0.1, 0.15) is 30.0 Å². The zero-order valence-electron chi connectivity index (χ0n) is 17.3. The first kappa shape index (κ1) is 24.2. The number of methoxy groups -OCH3 is 1. The van der Waals surface area contributed by atoms with Gasteiger partial charge in [-0.25, -0.2) is 0 Å². The van der Waals surface area contributed by atoms with Gasteiger partial charge < -0.3 is 19.7 Å². The van der Waals surface area contributed by atoms with Crippen molar-refractivity contribution < 1.29 is 9.47 Å². The number of nitrogens with zero attached hydrogens (tertiary/aromatic N) is 2. The van der Waals surface area contributed by atoms with Gasteiger partial charge in [0.15, 0.2) is 5.96 Å². The minimum Gasteiger partial charge on any atom is -0.382 e.